The van der Waals surface area contributed by atoms with E-state index in [2.05, 4.69) is 15.0 Å². The van der Waals surface area contributed by atoms with Crippen LogP contribution in [0.5, 0.6) is 0 Å². The molecule has 0 atom stereocenters. The Labute approximate surface area is 138 Å². The van der Waals surface area contributed by atoms with Gasteiger partial charge in [0.25, 0.3) is 0 Å². The van der Waals surface area contributed by atoms with Gasteiger partial charge in [0.1, 0.15) is 5.69 Å². The molecule has 0 spiro atoms. The predicted molar refractivity (Wildman–Crippen MR) is 93.2 cm³/mol. The van der Waals surface area contributed by atoms with Crippen molar-refractivity contribution in [3.05, 3.63) is 78.2 Å². The van der Waals surface area contributed by atoms with Crippen molar-refractivity contribution >= 4 is 22.6 Å². The van der Waals surface area contributed by atoms with Crippen molar-refractivity contribution in [1.82, 2.24) is 15.0 Å². The third-order valence-corrected chi connectivity index (χ3v) is 3.94. The molecule has 0 bridgehead atoms. The molecule has 2 heterocycles. The van der Waals surface area contributed by atoms with E-state index in [0.717, 1.165) is 27.7 Å². The van der Waals surface area contributed by atoms with Crippen molar-refractivity contribution in [3.8, 4) is 22.4 Å². The Morgan fingerprint density at radius 3 is 2.04 bits per heavy atom. The fraction of sp³-hybridized carbons (Fsp3) is 0. The summed E-state index contributed by atoms with van der Waals surface area (Å²) in [5.41, 5.74) is 5.46. The standard InChI is InChI=1S/C19H12ClN3/c20-19-18(22-16-5-1-2-6-17(16)23-19)14-9-7-13(8-10-14)15-4-3-11-21-12-15/h1-12H. The summed E-state index contributed by atoms with van der Waals surface area (Å²) in [5, 5.41) is 0.415. The summed E-state index contributed by atoms with van der Waals surface area (Å²) >= 11 is 6.31. The minimum Gasteiger partial charge on any atom is -0.264 e. The van der Waals surface area contributed by atoms with E-state index < -0.39 is 0 Å². The molecule has 0 saturated carbocycles. The first-order valence-corrected chi connectivity index (χ1v) is 7.62. The predicted octanol–water partition coefficient (Wildman–Crippen LogP) is 5.01. The van der Waals surface area contributed by atoms with Crippen molar-refractivity contribution in [2.45, 2.75) is 0 Å². The number of benzene rings is 2. The third-order valence-electron chi connectivity index (χ3n) is 3.68. The number of fused-ring (bicyclic) bond motifs is 1. The van der Waals surface area contributed by atoms with Gasteiger partial charge < -0.3 is 0 Å². The molecule has 0 aliphatic heterocycles. The van der Waals surface area contributed by atoms with E-state index in [-0.39, 0.29) is 0 Å². The summed E-state index contributed by atoms with van der Waals surface area (Å²) in [6.45, 7) is 0. The topological polar surface area (TPSA) is 38.7 Å². The van der Waals surface area contributed by atoms with Crippen molar-refractivity contribution in [1.29, 1.82) is 0 Å². The lowest BCUT2D eigenvalue weighted by Gasteiger charge is -2.07. The SMILES string of the molecule is Clc1nc2ccccc2nc1-c1ccc(-c2cccnc2)cc1. The Kier molecular flexibility index (Phi) is 3.48. The summed E-state index contributed by atoms with van der Waals surface area (Å²) < 4.78 is 0. The normalized spacial score (nSPS) is 10.8. The molecule has 0 amide bonds. The minimum atomic E-state index is 0.415. The van der Waals surface area contributed by atoms with Crippen LogP contribution in [0.2, 0.25) is 5.15 Å². The van der Waals surface area contributed by atoms with E-state index in [1.54, 1.807) is 6.20 Å². The van der Waals surface area contributed by atoms with Crippen molar-refractivity contribution in [3.63, 3.8) is 0 Å². The second-order valence-electron chi connectivity index (χ2n) is 5.17. The molecule has 110 valence electrons. The Hall–Kier alpha value is -2.78. The van der Waals surface area contributed by atoms with Crippen LogP contribution >= 0.6 is 11.6 Å². The molecule has 0 fully saturated rings. The smallest absolute Gasteiger partial charge is 0.156 e. The number of rotatable bonds is 2. The van der Waals surface area contributed by atoms with Gasteiger partial charge >= 0.3 is 0 Å². The van der Waals surface area contributed by atoms with E-state index in [1.165, 1.54) is 0 Å². The number of hydrogen-bond donors (Lipinski definition) is 0. The molecule has 4 aromatic rings. The quantitative estimate of drug-likeness (QED) is 0.521. The molecule has 0 aliphatic carbocycles. The van der Waals surface area contributed by atoms with Crippen LogP contribution in [0.4, 0.5) is 0 Å². The highest BCUT2D eigenvalue weighted by molar-refractivity contribution is 6.32. The van der Waals surface area contributed by atoms with Crippen molar-refractivity contribution < 1.29 is 0 Å². The van der Waals surface area contributed by atoms with Gasteiger partial charge in [-0.15, -0.1) is 0 Å². The molecule has 3 nitrogen and oxygen atoms in total. The van der Waals surface area contributed by atoms with Crippen LogP contribution in [0, 0.1) is 0 Å². The number of para-hydroxylation sites is 2. The number of nitrogens with zero attached hydrogens (tertiary/aromatic N) is 3. The summed E-state index contributed by atoms with van der Waals surface area (Å²) in [5.74, 6) is 0. The molecule has 0 N–H and O–H groups in total. The first-order chi connectivity index (χ1) is 11.3. The second-order valence-corrected chi connectivity index (χ2v) is 5.53. The lowest BCUT2D eigenvalue weighted by Crippen LogP contribution is -1.91. The maximum absolute atomic E-state index is 6.31. The number of halogens is 1. The largest absolute Gasteiger partial charge is 0.264 e. The van der Waals surface area contributed by atoms with Crippen LogP contribution in [0.15, 0.2) is 73.1 Å². The summed E-state index contributed by atoms with van der Waals surface area (Å²) in [7, 11) is 0. The number of aromatic nitrogens is 3. The molecule has 0 radical (unpaired) electrons. The van der Waals surface area contributed by atoms with Gasteiger partial charge in [0.05, 0.1) is 11.0 Å². The Morgan fingerprint density at radius 2 is 1.35 bits per heavy atom. The Bertz CT molecular complexity index is 967. The molecule has 2 aromatic heterocycles. The van der Waals surface area contributed by atoms with E-state index in [0.29, 0.717) is 10.8 Å². The Balaban J connectivity index is 1.78. The molecular formula is C19H12ClN3. The fourth-order valence-electron chi connectivity index (χ4n) is 2.52. The molecule has 4 rings (SSSR count). The molecular weight excluding hydrogens is 306 g/mol. The zero-order valence-corrected chi connectivity index (χ0v) is 12.9. The molecule has 2 aromatic carbocycles. The lowest BCUT2D eigenvalue weighted by molar-refractivity contribution is 1.29. The van der Waals surface area contributed by atoms with Crippen molar-refractivity contribution in [2.24, 2.45) is 0 Å². The van der Waals surface area contributed by atoms with Gasteiger partial charge in [-0.3, -0.25) is 4.98 Å². The summed E-state index contributed by atoms with van der Waals surface area (Å²) in [6, 6.07) is 19.8. The van der Waals surface area contributed by atoms with E-state index >= 15 is 0 Å². The minimum absolute atomic E-state index is 0.415. The second kappa shape index (κ2) is 5.78. The maximum Gasteiger partial charge on any atom is 0.156 e. The van der Waals surface area contributed by atoms with Gasteiger partial charge in [0.15, 0.2) is 5.15 Å². The Morgan fingerprint density at radius 1 is 0.652 bits per heavy atom. The zero-order valence-electron chi connectivity index (χ0n) is 12.1. The van der Waals surface area contributed by atoms with E-state index in [9.17, 15) is 0 Å². The first kappa shape index (κ1) is 13.9. The lowest BCUT2D eigenvalue weighted by atomic mass is 10.0. The highest BCUT2D eigenvalue weighted by Crippen LogP contribution is 2.28. The van der Waals surface area contributed by atoms with Gasteiger partial charge in [-0.25, -0.2) is 9.97 Å². The molecule has 4 heteroatoms. The van der Waals surface area contributed by atoms with Crippen LogP contribution in [-0.4, -0.2) is 15.0 Å². The molecule has 0 unspecified atom stereocenters. The van der Waals surface area contributed by atoms with Crippen LogP contribution in [-0.2, 0) is 0 Å². The van der Waals surface area contributed by atoms with Crippen LogP contribution in [0.1, 0.15) is 0 Å². The van der Waals surface area contributed by atoms with Gasteiger partial charge in [-0.1, -0.05) is 54.1 Å². The van der Waals surface area contributed by atoms with Gasteiger partial charge in [-0.05, 0) is 29.3 Å². The number of pyridine rings is 1. The average Bonchev–Trinajstić information content (AvgIpc) is 2.62. The highest BCUT2D eigenvalue weighted by Gasteiger charge is 2.09. The van der Waals surface area contributed by atoms with E-state index in [1.807, 2.05) is 66.9 Å². The molecule has 0 aliphatic rings. The molecule has 0 saturated heterocycles. The van der Waals surface area contributed by atoms with E-state index in [4.69, 9.17) is 11.6 Å². The average molecular weight is 318 g/mol. The zero-order chi connectivity index (χ0) is 15.6. The molecule has 23 heavy (non-hydrogen) atoms. The number of hydrogen-bond acceptors (Lipinski definition) is 3. The maximum atomic E-state index is 6.31. The van der Waals surface area contributed by atoms with Crippen LogP contribution in [0.3, 0.4) is 0 Å². The van der Waals surface area contributed by atoms with Crippen LogP contribution < -0.4 is 0 Å². The third kappa shape index (κ3) is 2.67. The van der Waals surface area contributed by atoms with Gasteiger partial charge in [-0.2, -0.15) is 0 Å². The fourth-order valence-corrected chi connectivity index (χ4v) is 2.76. The first-order valence-electron chi connectivity index (χ1n) is 7.24. The van der Waals surface area contributed by atoms with Crippen molar-refractivity contribution in [2.75, 3.05) is 0 Å². The summed E-state index contributed by atoms with van der Waals surface area (Å²) in [6.07, 6.45) is 3.61. The highest BCUT2D eigenvalue weighted by atomic mass is 35.5. The van der Waals surface area contributed by atoms with Crippen LogP contribution in [0.25, 0.3) is 33.4 Å². The van der Waals surface area contributed by atoms with Gasteiger partial charge in [0, 0.05) is 18.0 Å². The summed E-state index contributed by atoms with van der Waals surface area (Å²) in [4.78, 5) is 13.2. The monoisotopic (exact) mass is 317 g/mol. The van der Waals surface area contributed by atoms with Gasteiger partial charge in [0.2, 0.25) is 0 Å².